The summed E-state index contributed by atoms with van der Waals surface area (Å²) in [5, 5.41) is 8.10. The SMILES string of the molecule is Cc1nn(C)c2ncc(NC(=O)C3CCCN3C(=O)c3ccco3)cc12. The standard InChI is InChI=1S/C18H19N5O3/c1-11-13-9-12(10-19-16(13)22(2)21-11)20-17(24)14-5-3-7-23(14)18(25)15-6-4-8-26-15/h4,6,8-10,14H,3,5,7H2,1-2H3,(H,20,24). The molecule has 1 fully saturated rings. The first-order chi connectivity index (χ1) is 12.5. The summed E-state index contributed by atoms with van der Waals surface area (Å²) >= 11 is 0. The fraction of sp³-hybridized carbons (Fsp3) is 0.333. The van der Waals surface area contributed by atoms with Crippen LogP contribution in [0.25, 0.3) is 11.0 Å². The quantitative estimate of drug-likeness (QED) is 0.778. The molecule has 134 valence electrons. The van der Waals surface area contributed by atoms with Crippen molar-refractivity contribution in [3.05, 3.63) is 42.1 Å². The van der Waals surface area contributed by atoms with Gasteiger partial charge in [-0.25, -0.2) is 4.98 Å². The van der Waals surface area contributed by atoms with Gasteiger partial charge in [0.2, 0.25) is 5.91 Å². The van der Waals surface area contributed by atoms with Crippen molar-refractivity contribution in [1.29, 1.82) is 0 Å². The number of carbonyl (C=O) groups excluding carboxylic acids is 2. The van der Waals surface area contributed by atoms with Crippen LogP contribution < -0.4 is 5.32 Å². The smallest absolute Gasteiger partial charge is 0.290 e. The summed E-state index contributed by atoms with van der Waals surface area (Å²) in [7, 11) is 1.83. The molecule has 8 nitrogen and oxygen atoms in total. The van der Waals surface area contributed by atoms with E-state index in [1.54, 1.807) is 27.9 Å². The fourth-order valence-corrected chi connectivity index (χ4v) is 3.43. The largest absolute Gasteiger partial charge is 0.459 e. The molecule has 0 bridgehead atoms. The molecule has 8 heteroatoms. The number of carbonyl (C=O) groups is 2. The number of fused-ring (bicyclic) bond motifs is 1. The van der Waals surface area contributed by atoms with Crippen molar-refractivity contribution in [3.63, 3.8) is 0 Å². The van der Waals surface area contributed by atoms with Gasteiger partial charge in [0.05, 0.1) is 23.8 Å². The first-order valence-corrected chi connectivity index (χ1v) is 8.49. The number of nitrogens with one attached hydrogen (secondary N) is 1. The summed E-state index contributed by atoms with van der Waals surface area (Å²) in [6, 6.07) is 4.61. The number of aromatic nitrogens is 3. The zero-order valence-corrected chi connectivity index (χ0v) is 14.6. The Hall–Kier alpha value is -3.16. The molecule has 3 aromatic rings. The van der Waals surface area contributed by atoms with E-state index < -0.39 is 6.04 Å². The predicted octanol–water partition coefficient (Wildman–Crippen LogP) is 2.11. The Labute approximate surface area is 149 Å². The summed E-state index contributed by atoms with van der Waals surface area (Å²) < 4.78 is 6.88. The number of likely N-dealkylation sites (tertiary alicyclic amines) is 1. The minimum absolute atomic E-state index is 0.218. The lowest BCUT2D eigenvalue weighted by molar-refractivity contribution is -0.119. The molecule has 1 aliphatic rings. The van der Waals surface area contributed by atoms with Gasteiger partial charge in [-0.15, -0.1) is 0 Å². The number of hydrogen-bond donors (Lipinski definition) is 1. The molecule has 3 aromatic heterocycles. The molecule has 0 aromatic carbocycles. The van der Waals surface area contributed by atoms with Crippen molar-refractivity contribution < 1.29 is 14.0 Å². The summed E-state index contributed by atoms with van der Waals surface area (Å²) in [5.74, 6) is -0.229. The maximum absolute atomic E-state index is 12.7. The van der Waals surface area contributed by atoms with Gasteiger partial charge in [0.1, 0.15) is 6.04 Å². The average molecular weight is 353 g/mol. The van der Waals surface area contributed by atoms with Crippen molar-refractivity contribution in [1.82, 2.24) is 19.7 Å². The van der Waals surface area contributed by atoms with Gasteiger partial charge in [-0.2, -0.15) is 5.10 Å². The molecule has 0 radical (unpaired) electrons. The Kier molecular flexibility index (Phi) is 3.95. The zero-order valence-electron chi connectivity index (χ0n) is 14.6. The molecule has 1 unspecified atom stereocenters. The minimum atomic E-state index is -0.515. The third-order valence-corrected chi connectivity index (χ3v) is 4.68. The topological polar surface area (TPSA) is 93.3 Å². The van der Waals surface area contributed by atoms with Crippen LogP contribution in [0.15, 0.2) is 35.1 Å². The molecule has 4 heterocycles. The molecule has 26 heavy (non-hydrogen) atoms. The van der Waals surface area contributed by atoms with Gasteiger partial charge in [0.15, 0.2) is 11.4 Å². The van der Waals surface area contributed by atoms with E-state index in [-0.39, 0.29) is 17.6 Å². The van der Waals surface area contributed by atoms with E-state index in [1.807, 2.05) is 20.0 Å². The second kappa shape index (κ2) is 6.29. The lowest BCUT2D eigenvalue weighted by Crippen LogP contribution is -2.43. The van der Waals surface area contributed by atoms with Gasteiger partial charge < -0.3 is 14.6 Å². The maximum atomic E-state index is 12.7. The number of amides is 2. The monoisotopic (exact) mass is 353 g/mol. The summed E-state index contributed by atoms with van der Waals surface area (Å²) in [4.78, 5) is 31.2. The summed E-state index contributed by atoms with van der Waals surface area (Å²) in [5.41, 5.74) is 2.20. The van der Waals surface area contributed by atoms with Crippen molar-refractivity contribution >= 4 is 28.5 Å². The first kappa shape index (κ1) is 16.3. The number of nitrogens with zero attached hydrogens (tertiary/aromatic N) is 4. The first-order valence-electron chi connectivity index (χ1n) is 8.49. The van der Waals surface area contributed by atoms with Crippen LogP contribution in [0.1, 0.15) is 29.1 Å². The Balaban J connectivity index is 1.54. The second-order valence-electron chi connectivity index (χ2n) is 6.43. The van der Waals surface area contributed by atoms with Crippen molar-refractivity contribution in [2.24, 2.45) is 7.05 Å². The number of furan rings is 1. The number of aryl methyl sites for hydroxylation is 2. The molecule has 0 saturated carbocycles. The maximum Gasteiger partial charge on any atom is 0.290 e. The van der Waals surface area contributed by atoms with Crippen LogP contribution in [0.2, 0.25) is 0 Å². The third-order valence-electron chi connectivity index (χ3n) is 4.68. The van der Waals surface area contributed by atoms with Crippen LogP contribution in [0, 0.1) is 6.92 Å². The molecule has 1 saturated heterocycles. The molecule has 1 aliphatic heterocycles. The lowest BCUT2D eigenvalue weighted by Gasteiger charge is -2.23. The number of rotatable bonds is 3. The summed E-state index contributed by atoms with van der Waals surface area (Å²) in [6.45, 7) is 2.44. The Morgan fingerprint density at radius 3 is 3.00 bits per heavy atom. The van der Waals surface area contributed by atoms with Gasteiger partial charge in [-0.3, -0.25) is 14.3 Å². The third kappa shape index (κ3) is 2.73. The van der Waals surface area contributed by atoms with Gasteiger partial charge in [-0.1, -0.05) is 0 Å². The highest BCUT2D eigenvalue weighted by Crippen LogP contribution is 2.23. The number of pyridine rings is 1. The van der Waals surface area contributed by atoms with E-state index in [9.17, 15) is 9.59 Å². The molecule has 4 rings (SSSR count). The Morgan fingerprint density at radius 1 is 1.38 bits per heavy atom. The van der Waals surface area contributed by atoms with E-state index in [0.29, 0.717) is 18.7 Å². The Bertz CT molecular complexity index is 976. The van der Waals surface area contributed by atoms with Crippen molar-refractivity contribution in [2.45, 2.75) is 25.8 Å². The molecule has 1 N–H and O–H groups in total. The van der Waals surface area contributed by atoms with E-state index in [0.717, 1.165) is 23.1 Å². The highest BCUT2D eigenvalue weighted by Gasteiger charge is 2.35. The minimum Gasteiger partial charge on any atom is -0.459 e. The van der Waals surface area contributed by atoms with Crippen molar-refractivity contribution in [2.75, 3.05) is 11.9 Å². The van der Waals surface area contributed by atoms with E-state index in [1.165, 1.54) is 6.26 Å². The van der Waals surface area contributed by atoms with Gasteiger partial charge >= 0.3 is 0 Å². The number of hydrogen-bond acceptors (Lipinski definition) is 5. The molecule has 0 spiro atoms. The highest BCUT2D eigenvalue weighted by molar-refractivity contribution is 6.01. The predicted molar refractivity (Wildman–Crippen MR) is 94.6 cm³/mol. The molecule has 1 atom stereocenters. The lowest BCUT2D eigenvalue weighted by atomic mass is 10.2. The highest BCUT2D eigenvalue weighted by atomic mass is 16.3. The molecule has 2 amide bonds. The second-order valence-corrected chi connectivity index (χ2v) is 6.43. The fourth-order valence-electron chi connectivity index (χ4n) is 3.43. The molecular formula is C18H19N5O3. The van der Waals surface area contributed by atoms with Crippen LogP contribution in [0.3, 0.4) is 0 Å². The summed E-state index contributed by atoms with van der Waals surface area (Å²) in [6.07, 6.45) is 4.47. The van der Waals surface area contributed by atoms with Crippen LogP contribution >= 0.6 is 0 Å². The average Bonchev–Trinajstić information content (AvgIpc) is 3.36. The van der Waals surface area contributed by atoms with E-state index >= 15 is 0 Å². The van der Waals surface area contributed by atoms with Crippen LogP contribution in [-0.2, 0) is 11.8 Å². The van der Waals surface area contributed by atoms with Crippen LogP contribution in [0.5, 0.6) is 0 Å². The van der Waals surface area contributed by atoms with Gasteiger partial charge in [-0.05, 0) is 38.0 Å². The van der Waals surface area contributed by atoms with Crippen molar-refractivity contribution in [3.8, 4) is 0 Å². The van der Waals surface area contributed by atoms with Crippen LogP contribution in [0.4, 0.5) is 5.69 Å². The normalized spacial score (nSPS) is 17.0. The number of anilines is 1. The van der Waals surface area contributed by atoms with Gasteiger partial charge in [0, 0.05) is 19.0 Å². The Morgan fingerprint density at radius 2 is 2.23 bits per heavy atom. The van der Waals surface area contributed by atoms with Gasteiger partial charge in [0.25, 0.3) is 5.91 Å². The zero-order chi connectivity index (χ0) is 18.3. The molecule has 0 aliphatic carbocycles. The van der Waals surface area contributed by atoms with E-state index in [4.69, 9.17) is 4.42 Å². The van der Waals surface area contributed by atoms with Crippen LogP contribution in [-0.4, -0.2) is 44.1 Å². The van der Waals surface area contributed by atoms with E-state index in [2.05, 4.69) is 15.4 Å². The molecular weight excluding hydrogens is 334 g/mol.